The molecule has 11 heteroatoms. The van der Waals surface area contributed by atoms with Crippen LogP contribution < -0.4 is 5.32 Å². The molecule has 2 amide bonds. The molecule has 0 aromatic carbocycles. The van der Waals surface area contributed by atoms with Gasteiger partial charge >= 0.3 is 17.4 Å². The third-order valence-corrected chi connectivity index (χ3v) is 5.46. The number of thioether (sulfide) groups is 1. The lowest BCUT2D eigenvalue weighted by Gasteiger charge is -2.24. The molecular weight excluding hydrogens is 450 g/mol. The standard InChI is InChI=1S/C22H29N3O7S/c1-6-9-31-20(28)25-13-16(33-21(29)32-22(2,3)4)10-15(25)12-24-18(26)14-7-8-17(23-11-14)19(27)30-5/h6-8,11,15-16H,1,9-10,12-13H2,2-5H3,(H,24,26). The third kappa shape index (κ3) is 8.08. The van der Waals surface area contributed by atoms with Crippen LogP contribution in [0.3, 0.4) is 0 Å². The van der Waals surface area contributed by atoms with Crippen LogP contribution in [-0.2, 0) is 14.2 Å². The van der Waals surface area contributed by atoms with Crippen molar-refractivity contribution in [1.82, 2.24) is 15.2 Å². The molecule has 0 aliphatic carbocycles. The Hall–Kier alpha value is -3.08. The van der Waals surface area contributed by atoms with Gasteiger partial charge in [-0.25, -0.2) is 19.4 Å². The van der Waals surface area contributed by atoms with Crippen molar-refractivity contribution in [3.8, 4) is 0 Å². The molecule has 1 fully saturated rings. The number of ether oxygens (including phenoxy) is 3. The largest absolute Gasteiger partial charge is 0.464 e. The fraction of sp³-hybridized carbons (Fsp3) is 0.500. The molecule has 2 atom stereocenters. The highest BCUT2D eigenvalue weighted by Crippen LogP contribution is 2.30. The summed E-state index contributed by atoms with van der Waals surface area (Å²) in [6.07, 6.45) is 2.65. The number of nitrogens with zero attached hydrogens (tertiary/aromatic N) is 2. The Labute approximate surface area is 197 Å². The maximum atomic E-state index is 12.5. The van der Waals surface area contributed by atoms with Gasteiger partial charge in [0, 0.05) is 24.5 Å². The van der Waals surface area contributed by atoms with E-state index in [9.17, 15) is 19.2 Å². The molecule has 1 aromatic heterocycles. The topological polar surface area (TPSA) is 124 Å². The van der Waals surface area contributed by atoms with E-state index in [0.717, 1.165) is 11.8 Å². The van der Waals surface area contributed by atoms with Crippen molar-refractivity contribution in [2.24, 2.45) is 0 Å². The summed E-state index contributed by atoms with van der Waals surface area (Å²) < 4.78 is 15.1. The lowest BCUT2D eigenvalue weighted by atomic mass is 10.2. The number of methoxy groups -OCH3 is 1. The van der Waals surface area contributed by atoms with E-state index in [1.54, 1.807) is 20.8 Å². The molecular formula is C22H29N3O7S. The number of aromatic nitrogens is 1. The molecule has 0 radical (unpaired) electrons. The number of amides is 2. The maximum absolute atomic E-state index is 12.5. The van der Waals surface area contributed by atoms with E-state index in [4.69, 9.17) is 9.47 Å². The molecule has 0 saturated carbocycles. The Morgan fingerprint density at radius 3 is 2.61 bits per heavy atom. The summed E-state index contributed by atoms with van der Waals surface area (Å²) in [4.78, 5) is 54.1. The molecule has 1 aromatic rings. The van der Waals surface area contributed by atoms with E-state index in [1.807, 2.05) is 0 Å². The number of esters is 1. The molecule has 0 spiro atoms. The fourth-order valence-electron chi connectivity index (χ4n) is 3.07. The second kappa shape index (κ2) is 11.7. The normalized spacial score (nSPS) is 17.8. The smallest absolute Gasteiger partial charge is 0.410 e. The number of carbonyl (C=O) groups excluding carboxylic acids is 4. The van der Waals surface area contributed by atoms with Crippen molar-refractivity contribution in [3.05, 3.63) is 42.2 Å². The van der Waals surface area contributed by atoms with Crippen LogP contribution in [0.5, 0.6) is 0 Å². The number of rotatable bonds is 7. The first kappa shape index (κ1) is 26.2. The van der Waals surface area contributed by atoms with Gasteiger partial charge in [0.2, 0.25) is 0 Å². The van der Waals surface area contributed by atoms with E-state index in [0.29, 0.717) is 6.42 Å². The number of carbonyl (C=O) groups is 4. The Morgan fingerprint density at radius 2 is 2.03 bits per heavy atom. The van der Waals surface area contributed by atoms with Crippen LogP contribution in [0.2, 0.25) is 0 Å². The molecule has 1 saturated heterocycles. The molecule has 1 N–H and O–H groups in total. The molecule has 10 nitrogen and oxygen atoms in total. The highest BCUT2D eigenvalue weighted by Gasteiger charge is 2.38. The zero-order valence-electron chi connectivity index (χ0n) is 19.2. The van der Waals surface area contributed by atoms with Gasteiger partial charge in [-0.15, -0.1) is 0 Å². The minimum Gasteiger partial charge on any atom is -0.464 e. The van der Waals surface area contributed by atoms with Crippen LogP contribution in [0.25, 0.3) is 0 Å². The van der Waals surface area contributed by atoms with Gasteiger partial charge in [-0.3, -0.25) is 4.79 Å². The van der Waals surface area contributed by atoms with Gasteiger partial charge in [0.05, 0.1) is 18.7 Å². The van der Waals surface area contributed by atoms with Gasteiger partial charge in [-0.05, 0) is 51.1 Å². The van der Waals surface area contributed by atoms with Gasteiger partial charge in [-0.1, -0.05) is 12.7 Å². The predicted molar refractivity (Wildman–Crippen MR) is 122 cm³/mol. The second-order valence-corrected chi connectivity index (χ2v) is 9.48. The average molecular weight is 480 g/mol. The molecule has 2 unspecified atom stereocenters. The minimum absolute atomic E-state index is 0.0521. The Bertz CT molecular complexity index is 883. The molecule has 180 valence electrons. The molecule has 0 bridgehead atoms. The zero-order valence-corrected chi connectivity index (χ0v) is 20.0. The zero-order chi connectivity index (χ0) is 24.6. The van der Waals surface area contributed by atoms with Gasteiger partial charge in [0.1, 0.15) is 17.9 Å². The molecule has 1 aliphatic rings. The van der Waals surface area contributed by atoms with E-state index in [1.165, 1.54) is 36.4 Å². The van der Waals surface area contributed by atoms with Crippen molar-refractivity contribution in [2.75, 3.05) is 26.8 Å². The first-order valence-corrected chi connectivity index (χ1v) is 11.2. The van der Waals surface area contributed by atoms with Crippen LogP contribution in [0.4, 0.5) is 9.59 Å². The number of hydrogen-bond donors (Lipinski definition) is 1. The van der Waals surface area contributed by atoms with Gasteiger partial charge < -0.3 is 24.4 Å². The highest BCUT2D eigenvalue weighted by atomic mass is 32.2. The monoisotopic (exact) mass is 479 g/mol. The van der Waals surface area contributed by atoms with Crippen molar-refractivity contribution >= 4 is 35.0 Å². The van der Waals surface area contributed by atoms with Gasteiger partial charge in [0.15, 0.2) is 0 Å². The number of hydrogen-bond acceptors (Lipinski definition) is 9. The first-order chi connectivity index (χ1) is 15.5. The highest BCUT2D eigenvalue weighted by molar-refractivity contribution is 8.13. The summed E-state index contributed by atoms with van der Waals surface area (Å²) in [5.74, 6) is -1.02. The molecule has 33 heavy (non-hydrogen) atoms. The van der Waals surface area contributed by atoms with E-state index in [-0.39, 0.29) is 42.2 Å². The quantitative estimate of drug-likeness (QED) is 0.357. The second-order valence-electron chi connectivity index (χ2n) is 8.25. The fourth-order valence-corrected chi connectivity index (χ4v) is 4.19. The van der Waals surface area contributed by atoms with E-state index < -0.39 is 28.9 Å². The number of nitrogens with one attached hydrogen (secondary N) is 1. The van der Waals surface area contributed by atoms with Crippen molar-refractivity contribution in [3.63, 3.8) is 0 Å². The predicted octanol–water partition coefficient (Wildman–Crippen LogP) is 3.03. The van der Waals surface area contributed by atoms with Crippen LogP contribution in [0.1, 0.15) is 48.0 Å². The van der Waals surface area contributed by atoms with E-state index >= 15 is 0 Å². The summed E-state index contributed by atoms with van der Waals surface area (Å²) in [7, 11) is 1.24. The summed E-state index contributed by atoms with van der Waals surface area (Å²) >= 11 is 1.02. The number of likely N-dealkylation sites (tertiary alicyclic amines) is 1. The van der Waals surface area contributed by atoms with Crippen molar-refractivity contribution in [1.29, 1.82) is 0 Å². The average Bonchev–Trinajstić information content (AvgIpc) is 3.16. The summed E-state index contributed by atoms with van der Waals surface area (Å²) in [6, 6.07) is 2.47. The van der Waals surface area contributed by atoms with Crippen LogP contribution in [0, 0.1) is 0 Å². The molecule has 1 aliphatic heterocycles. The lowest BCUT2D eigenvalue weighted by Crippen LogP contribution is -2.43. The van der Waals surface area contributed by atoms with Crippen molar-refractivity contribution < 1.29 is 33.4 Å². The Balaban J connectivity index is 2.01. The lowest BCUT2D eigenvalue weighted by molar-refractivity contribution is 0.0593. The summed E-state index contributed by atoms with van der Waals surface area (Å²) in [5, 5.41) is 2.13. The summed E-state index contributed by atoms with van der Waals surface area (Å²) in [5.41, 5.74) is -0.278. The van der Waals surface area contributed by atoms with Gasteiger partial charge in [0.25, 0.3) is 5.91 Å². The van der Waals surface area contributed by atoms with Crippen LogP contribution in [0.15, 0.2) is 31.0 Å². The first-order valence-electron chi connectivity index (χ1n) is 10.3. The van der Waals surface area contributed by atoms with Crippen LogP contribution >= 0.6 is 11.8 Å². The third-order valence-electron chi connectivity index (χ3n) is 4.51. The molecule has 2 heterocycles. The summed E-state index contributed by atoms with van der Waals surface area (Å²) in [6.45, 7) is 9.35. The maximum Gasteiger partial charge on any atom is 0.410 e. The Morgan fingerprint density at radius 1 is 1.30 bits per heavy atom. The van der Waals surface area contributed by atoms with Crippen LogP contribution in [-0.4, -0.2) is 76.9 Å². The van der Waals surface area contributed by atoms with E-state index in [2.05, 4.69) is 21.6 Å². The SMILES string of the molecule is C=CCOC(=O)N1CC(SC(=O)OC(C)(C)C)CC1CNC(=O)c1ccc(C(=O)OC)nc1. The number of pyridine rings is 1. The minimum atomic E-state index is -0.615. The van der Waals surface area contributed by atoms with Crippen molar-refractivity contribution in [2.45, 2.75) is 44.1 Å². The van der Waals surface area contributed by atoms with Gasteiger partial charge in [-0.2, -0.15) is 0 Å². The molecule has 2 rings (SSSR count). The Kier molecular flexibility index (Phi) is 9.27.